The predicted octanol–water partition coefficient (Wildman–Crippen LogP) is 1.97. The van der Waals surface area contributed by atoms with Crippen LogP contribution in [0.3, 0.4) is 0 Å². The Kier molecular flexibility index (Phi) is 4.84. The number of fused-ring (bicyclic) bond motifs is 1. The summed E-state index contributed by atoms with van der Waals surface area (Å²) in [7, 11) is 1.73. The Balaban J connectivity index is 1.93. The van der Waals surface area contributed by atoms with Crippen LogP contribution in [0.4, 0.5) is 0 Å². The molecule has 1 aliphatic heterocycles. The van der Waals surface area contributed by atoms with Gasteiger partial charge in [-0.1, -0.05) is 13.0 Å². The van der Waals surface area contributed by atoms with E-state index < -0.39 is 0 Å². The van der Waals surface area contributed by atoms with Crippen LogP contribution in [0.1, 0.15) is 18.9 Å². The van der Waals surface area contributed by atoms with Crippen molar-refractivity contribution in [2.75, 3.05) is 26.9 Å². The van der Waals surface area contributed by atoms with Gasteiger partial charge in [0, 0.05) is 19.7 Å². The van der Waals surface area contributed by atoms with Crippen molar-refractivity contribution in [2.24, 2.45) is 0 Å². The van der Waals surface area contributed by atoms with Gasteiger partial charge in [0.2, 0.25) is 0 Å². The Morgan fingerprint density at radius 1 is 1.28 bits per heavy atom. The molecule has 0 bridgehead atoms. The van der Waals surface area contributed by atoms with E-state index >= 15 is 0 Å². The van der Waals surface area contributed by atoms with E-state index in [2.05, 4.69) is 18.3 Å². The van der Waals surface area contributed by atoms with Crippen molar-refractivity contribution < 1.29 is 14.2 Å². The lowest BCUT2D eigenvalue weighted by atomic mass is 10.1. The van der Waals surface area contributed by atoms with E-state index in [1.807, 2.05) is 12.1 Å². The molecule has 2 rings (SSSR count). The number of rotatable bonds is 6. The fourth-order valence-corrected chi connectivity index (χ4v) is 1.98. The Labute approximate surface area is 108 Å². The van der Waals surface area contributed by atoms with Gasteiger partial charge in [0.15, 0.2) is 11.5 Å². The Hall–Kier alpha value is -1.26. The third kappa shape index (κ3) is 3.37. The first-order valence-electron chi connectivity index (χ1n) is 6.44. The molecule has 18 heavy (non-hydrogen) atoms. The van der Waals surface area contributed by atoms with E-state index in [-0.39, 0.29) is 0 Å². The molecule has 1 aromatic rings. The molecular formula is C14H21NO3. The molecule has 1 aliphatic rings. The van der Waals surface area contributed by atoms with Crippen LogP contribution in [0.15, 0.2) is 18.2 Å². The smallest absolute Gasteiger partial charge is 0.161 e. The number of hydrogen-bond acceptors (Lipinski definition) is 4. The van der Waals surface area contributed by atoms with Gasteiger partial charge in [-0.15, -0.1) is 0 Å². The van der Waals surface area contributed by atoms with E-state index in [4.69, 9.17) is 14.2 Å². The fourth-order valence-electron chi connectivity index (χ4n) is 1.98. The molecule has 0 aromatic heterocycles. The van der Waals surface area contributed by atoms with Crippen LogP contribution in [0.5, 0.6) is 11.5 Å². The molecule has 1 heterocycles. The monoisotopic (exact) mass is 251 g/mol. The zero-order valence-corrected chi connectivity index (χ0v) is 11.1. The first-order chi connectivity index (χ1) is 8.83. The number of ether oxygens (including phenoxy) is 3. The first kappa shape index (κ1) is 13.2. The largest absolute Gasteiger partial charge is 0.486 e. The second kappa shape index (κ2) is 6.61. The average Bonchev–Trinajstić information content (AvgIpc) is 2.43. The lowest BCUT2D eigenvalue weighted by Crippen LogP contribution is -2.32. The minimum absolute atomic E-state index is 0.392. The second-order valence-corrected chi connectivity index (χ2v) is 4.42. The average molecular weight is 251 g/mol. The van der Waals surface area contributed by atoms with Crippen LogP contribution in [0.25, 0.3) is 0 Å². The predicted molar refractivity (Wildman–Crippen MR) is 70.2 cm³/mol. The molecule has 1 aromatic carbocycles. The molecule has 1 atom stereocenters. The topological polar surface area (TPSA) is 39.7 Å². The van der Waals surface area contributed by atoms with Crippen LogP contribution >= 0.6 is 0 Å². The van der Waals surface area contributed by atoms with E-state index in [0.717, 1.165) is 31.1 Å². The van der Waals surface area contributed by atoms with Gasteiger partial charge in [0.05, 0.1) is 6.61 Å². The van der Waals surface area contributed by atoms with Gasteiger partial charge in [-0.2, -0.15) is 0 Å². The van der Waals surface area contributed by atoms with Gasteiger partial charge in [-0.3, -0.25) is 0 Å². The summed E-state index contributed by atoms with van der Waals surface area (Å²) in [6.07, 6.45) is 1.05. The van der Waals surface area contributed by atoms with Crippen molar-refractivity contribution in [1.82, 2.24) is 5.32 Å². The molecule has 4 nitrogen and oxygen atoms in total. The minimum atomic E-state index is 0.392. The summed E-state index contributed by atoms with van der Waals surface area (Å²) in [5.74, 6) is 1.69. The number of nitrogens with one attached hydrogen (secondary N) is 1. The summed E-state index contributed by atoms with van der Waals surface area (Å²) in [5, 5.41) is 3.47. The lowest BCUT2D eigenvalue weighted by Gasteiger charge is -2.20. The van der Waals surface area contributed by atoms with E-state index in [1.165, 1.54) is 5.56 Å². The SMILES string of the molecule is CCC(COC)NCc1ccc2c(c1)OCCO2. The summed E-state index contributed by atoms with van der Waals surface area (Å²) in [5.41, 5.74) is 1.20. The zero-order valence-electron chi connectivity index (χ0n) is 11.1. The molecule has 0 aliphatic carbocycles. The van der Waals surface area contributed by atoms with Gasteiger partial charge in [-0.25, -0.2) is 0 Å². The number of methoxy groups -OCH3 is 1. The normalized spacial score (nSPS) is 15.4. The van der Waals surface area contributed by atoms with Gasteiger partial charge in [-0.05, 0) is 24.1 Å². The zero-order chi connectivity index (χ0) is 12.8. The summed E-state index contributed by atoms with van der Waals surface area (Å²) in [6.45, 7) is 4.97. The van der Waals surface area contributed by atoms with Crippen molar-refractivity contribution in [3.63, 3.8) is 0 Å². The van der Waals surface area contributed by atoms with Crippen LogP contribution in [0, 0.1) is 0 Å². The van der Waals surface area contributed by atoms with Crippen LogP contribution in [-0.2, 0) is 11.3 Å². The van der Waals surface area contributed by atoms with Crippen LogP contribution in [-0.4, -0.2) is 33.0 Å². The number of hydrogen-bond donors (Lipinski definition) is 1. The van der Waals surface area contributed by atoms with Crippen molar-refractivity contribution in [3.8, 4) is 11.5 Å². The van der Waals surface area contributed by atoms with Crippen molar-refractivity contribution >= 4 is 0 Å². The Morgan fingerprint density at radius 3 is 2.78 bits per heavy atom. The highest BCUT2D eigenvalue weighted by molar-refractivity contribution is 5.43. The molecule has 0 fully saturated rings. The molecule has 1 unspecified atom stereocenters. The highest BCUT2D eigenvalue weighted by Gasteiger charge is 2.12. The molecule has 1 N–H and O–H groups in total. The summed E-state index contributed by atoms with van der Waals surface area (Å²) in [6, 6.07) is 6.48. The van der Waals surface area contributed by atoms with E-state index in [0.29, 0.717) is 19.3 Å². The third-order valence-electron chi connectivity index (χ3n) is 3.06. The van der Waals surface area contributed by atoms with Gasteiger partial charge < -0.3 is 19.5 Å². The van der Waals surface area contributed by atoms with Crippen molar-refractivity contribution in [2.45, 2.75) is 25.9 Å². The van der Waals surface area contributed by atoms with Gasteiger partial charge in [0.25, 0.3) is 0 Å². The summed E-state index contributed by atoms with van der Waals surface area (Å²) < 4.78 is 16.2. The molecule has 0 amide bonds. The maximum absolute atomic E-state index is 5.57. The molecular weight excluding hydrogens is 230 g/mol. The summed E-state index contributed by atoms with van der Waals surface area (Å²) in [4.78, 5) is 0. The first-order valence-corrected chi connectivity index (χ1v) is 6.44. The molecule has 0 spiro atoms. The molecule has 100 valence electrons. The van der Waals surface area contributed by atoms with Crippen molar-refractivity contribution in [1.29, 1.82) is 0 Å². The Morgan fingerprint density at radius 2 is 2.06 bits per heavy atom. The standard InChI is InChI=1S/C14H21NO3/c1-3-12(10-16-2)15-9-11-4-5-13-14(8-11)18-7-6-17-13/h4-5,8,12,15H,3,6-7,9-10H2,1-2H3. The highest BCUT2D eigenvalue weighted by Crippen LogP contribution is 2.30. The van der Waals surface area contributed by atoms with E-state index in [9.17, 15) is 0 Å². The maximum Gasteiger partial charge on any atom is 0.161 e. The number of benzene rings is 1. The fraction of sp³-hybridized carbons (Fsp3) is 0.571. The maximum atomic E-state index is 5.57. The summed E-state index contributed by atoms with van der Waals surface area (Å²) >= 11 is 0. The van der Waals surface area contributed by atoms with E-state index in [1.54, 1.807) is 7.11 Å². The van der Waals surface area contributed by atoms with Crippen molar-refractivity contribution in [3.05, 3.63) is 23.8 Å². The van der Waals surface area contributed by atoms with Crippen LogP contribution in [0.2, 0.25) is 0 Å². The molecule has 0 saturated carbocycles. The van der Waals surface area contributed by atoms with Crippen LogP contribution < -0.4 is 14.8 Å². The van der Waals surface area contributed by atoms with Gasteiger partial charge >= 0.3 is 0 Å². The minimum Gasteiger partial charge on any atom is -0.486 e. The molecule has 4 heteroatoms. The molecule has 0 radical (unpaired) electrons. The molecule has 0 saturated heterocycles. The second-order valence-electron chi connectivity index (χ2n) is 4.42. The van der Waals surface area contributed by atoms with Gasteiger partial charge in [0.1, 0.15) is 13.2 Å². The Bertz CT molecular complexity index is 381. The lowest BCUT2D eigenvalue weighted by molar-refractivity contribution is 0.163. The third-order valence-corrected chi connectivity index (χ3v) is 3.06. The quantitative estimate of drug-likeness (QED) is 0.839. The highest BCUT2D eigenvalue weighted by atomic mass is 16.6.